The van der Waals surface area contributed by atoms with Crippen molar-refractivity contribution in [1.29, 1.82) is 0 Å². The number of rotatable bonds is 2. The minimum absolute atomic E-state index is 0.0558. The van der Waals surface area contributed by atoms with E-state index < -0.39 is 0 Å². The van der Waals surface area contributed by atoms with Crippen molar-refractivity contribution < 1.29 is 4.79 Å². The maximum atomic E-state index is 12.6. The molecule has 2 aliphatic rings. The van der Waals surface area contributed by atoms with Gasteiger partial charge in [-0.1, -0.05) is 36.4 Å². The first-order valence-corrected chi connectivity index (χ1v) is 8.42. The zero-order valence-corrected chi connectivity index (χ0v) is 13.5. The van der Waals surface area contributed by atoms with E-state index in [2.05, 4.69) is 0 Å². The molecule has 1 fully saturated rings. The lowest BCUT2D eigenvalue weighted by atomic mass is 9.83. The van der Waals surface area contributed by atoms with Gasteiger partial charge in [0.05, 0.1) is 0 Å². The number of likely N-dealkylation sites (tertiary alicyclic amines) is 1. The predicted octanol–water partition coefficient (Wildman–Crippen LogP) is 2.51. The number of hydrogen-bond acceptors (Lipinski definition) is 2. The first kappa shape index (κ1) is 14.9. The van der Waals surface area contributed by atoms with Crippen LogP contribution in [0.5, 0.6) is 0 Å². The molecule has 4 rings (SSSR count). The highest BCUT2D eigenvalue weighted by Crippen LogP contribution is 2.34. The summed E-state index contributed by atoms with van der Waals surface area (Å²) in [7, 11) is 0. The third-order valence-electron chi connectivity index (χ3n) is 5.01. The van der Waals surface area contributed by atoms with Crippen LogP contribution >= 0.6 is 0 Å². The van der Waals surface area contributed by atoms with Crippen LogP contribution in [0.1, 0.15) is 23.6 Å². The third kappa shape index (κ3) is 2.80. The number of benzene rings is 1. The highest BCUT2D eigenvalue weighted by atomic mass is 16.2. The van der Waals surface area contributed by atoms with Crippen molar-refractivity contribution in [2.75, 3.05) is 13.1 Å². The molecule has 1 aromatic heterocycles. The van der Waals surface area contributed by atoms with Gasteiger partial charge in [-0.15, -0.1) is 0 Å². The molecule has 0 N–H and O–H groups in total. The average molecular weight is 320 g/mol. The first-order chi connectivity index (χ1) is 11.7. The molecule has 0 saturated carbocycles. The number of piperidine rings is 1. The maximum absolute atomic E-state index is 12.6. The summed E-state index contributed by atoms with van der Waals surface area (Å²) in [6.07, 6.45) is 4.59. The lowest BCUT2D eigenvalue weighted by Gasteiger charge is -2.42. The van der Waals surface area contributed by atoms with Crippen LogP contribution in [0.2, 0.25) is 0 Å². The number of carbonyl (C=O) groups is 1. The van der Waals surface area contributed by atoms with Crippen LogP contribution < -0.4 is 5.56 Å². The molecule has 0 unspecified atom stereocenters. The van der Waals surface area contributed by atoms with Gasteiger partial charge < -0.3 is 9.47 Å². The van der Waals surface area contributed by atoms with Gasteiger partial charge in [-0.05, 0) is 30.0 Å². The normalized spacial score (nSPS) is 22.4. The standard InChI is InChI=1S/C20H20N2O2/c23-19(10-9-15-5-2-1-3-6-15)21-12-16-11-17(14-21)18-7-4-8-20(24)22(18)13-16/h1-10,16-17H,11-14H2/b10-9+/t16-,17+/m0/s1. The molecule has 2 atom stereocenters. The van der Waals surface area contributed by atoms with Crippen molar-refractivity contribution in [3.8, 4) is 0 Å². The summed E-state index contributed by atoms with van der Waals surface area (Å²) in [6, 6.07) is 15.3. The van der Waals surface area contributed by atoms with Crippen LogP contribution in [-0.2, 0) is 11.3 Å². The molecule has 24 heavy (non-hydrogen) atoms. The summed E-state index contributed by atoms with van der Waals surface area (Å²) >= 11 is 0. The minimum Gasteiger partial charge on any atom is -0.338 e. The van der Waals surface area contributed by atoms with Gasteiger partial charge in [0, 0.05) is 43.4 Å². The van der Waals surface area contributed by atoms with Gasteiger partial charge in [0.2, 0.25) is 5.91 Å². The van der Waals surface area contributed by atoms with E-state index in [1.165, 1.54) is 0 Å². The topological polar surface area (TPSA) is 42.3 Å². The third-order valence-corrected chi connectivity index (χ3v) is 5.01. The molecule has 1 saturated heterocycles. The second-order valence-electron chi connectivity index (χ2n) is 6.69. The molecule has 2 aromatic rings. The number of fused-ring (bicyclic) bond motifs is 4. The van der Waals surface area contributed by atoms with E-state index in [4.69, 9.17) is 0 Å². The van der Waals surface area contributed by atoms with Crippen LogP contribution in [0.15, 0.2) is 59.4 Å². The number of pyridine rings is 1. The molecule has 2 aliphatic heterocycles. The highest BCUT2D eigenvalue weighted by molar-refractivity contribution is 5.91. The van der Waals surface area contributed by atoms with E-state index in [9.17, 15) is 9.59 Å². The number of carbonyl (C=O) groups excluding carboxylic acids is 1. The van der Waals surface area contributed by atoms with Crippen LogP contribution in [0.4, 0.5) is 0 Å². The molecular weight excluding hydrogens is 300 g/mol. The van der Waals surface area contributed by atoms with Gasteiger partial charge in [0.25, 0.3) is 5.56 Å². The Balaban J connectivity index is 1.53. The quantitative estimate of drug-likeness (QED) is 0.798. The Kier molecular flexibility index (Phi) is 3.81. The fourth-order valence-electron chi connectivity index (χ4n) is 3.91. The SMILES string of the molecule is O=C(/C=C/c1ccccc1)N1C[C@@H]2C[C@H](C1)c1cccc(=O)n1C2. The number of nitrogens with zero attached hydrogens (tertiary/aromatic N) is 2. The van der Waals surface area contributed by atoms with Crippen LogP contribution in [-0.4, -0.2) is 28.5 Å². The molecule has 4 nitrogen and oxygen atoms in total. The maximum Gasteiger partial charge on any atom is 0.250 e. The molecule has 1 amide bonds. The van der Waals surface area contributed by atoms with Crippen molar-refractivity contribution in [3.63, 3.8) is 0 Å². The van der Waals surface area contributed by atoms with Gasteiger partial charge >= 0.3 is 0 Å². The average Bonchev–Trinajstić information content (AvgIpc) is 2.61. The molecule has 1 aromatic carbocycles. The van der Waals surface area contributed by atoms with Gasteiger partial charge in [-0.3, -0.25) is 9.59 Å². The fraction of sp³-hybridized carbons (Fsp3) is 0.300. The molecule has 122 valence electrons. The van der Waals surface area contributed by atoms with Gasteiger partial charge in [-0.25, -0.2) is 0 Å². The highest BCUT2D eigenvalue weighted by Gasteiger charge is 2.35. The largest absolute Gasteiger partial charge is 0.338 e. The Morgan fingerprint density at radius 3 is 2.67 bits per heavy atom. The van der Waals surface area contributed by atoms with Gasteiger partial charge in [0.1, 0.15) is 0 Å². The van der Waals surface area contributed by atoms with Crippen LogP contribution in [0.3, 0.4) is 0 Å². The fourth-order valence-corrected chi connectivity index (χ4v) is 3.91. The van der Waals surface area contributed by atoms with E-state index in [0.717, 1.165) is 30.8 Å². The second-order valence-corrected chi connectivity index (χ2v) is 6.69. The van der Waals surface area contributed by atoms with Crippen molar-refractivity contribution in [2.45, 2.75) is 18.9 Å². The van der Waals surface area contributed by atoms with Crippen molar-refractivity contribution >= 4 is 12.0 Å². The van der Waals surface area contributed by atoms with Gasteiger partial charge in [-0.2, -0.15) is 0 Å². The number of amides is 1. The zero-order chi connectivity index (χ0) is 16.5. The predicted molar refractivity (Wildman–Crippen MR) is 93.6 cm³/mol. The van der Waals surface area contributed by atoms with Crippen LogP contribution in [0.25, 0.3) is 6.08 Å². The van der Waals surface area contributed by atoms with E-state index in [0.29, 0.717) is 12.5 Å². The summed E-state index contributed by atoms with van der Waals surface area (Å²) in [5, 5.41) is 0. The summed E-state index contributed by atoms with van der Waals surface area (Å²) in [4.78, 5) is 26.5. The lowest BCUT2D eigenvalue weighted by Crippen LogP contribution is -2.48. The van der Waals surface area contributed by atoms with Crippen molar-refractivity contribution in [3.05, 3.63) is 76.2 Å². The Morgan fingerprint density at radius 2 is 1.83 bits per heavy atom. The summed E-state index contributed by atoms with van der Waals surface area (Å²) in [6.45, 7) is 2.14. The lowest BCUT2D eigenvalue weighted by molar-refractivity contribution is -0.128. The Bertz CT molecular complexity index is 838. The Labute approximate surface area is 141 Å². The monoisotopic (exact) mass is 320 g/mol. The first-order valence-electron chi connectivity index (χ1n) is 8.42. The van der Waals surface area contributed by atoms with Crippen molar-refractivity contribution in [2.24, 2.45) is 5.92 Å². The molecule has 0 aliphatic carbocycles. The van der Waals surface area contributed by atoms with E-state index in [1.807, 2.05) is 58.0 Å². The number of aromatic nitrogens is 1. The molecule has 0 radical (unpaired) electrons. The van der Waals surface area contributed by atoms with Crippen LogP contribution in [0, 0.1) is 5.92 Å². The molecule has 4 heteroatoms. The molecule has 2 bridgehead atoms. The molecular formula is C20H20N2O2. The molecule has 3 heterocycles. The summed E-state index contributed by atoms with van der Waals surface area (Å²) in [5.74, 6) is 0.686. The Morgan fingerprint density at radius 1 is 1.00 bits per heavy atom. The van der Waals surface area contributed by atoms with Gasteiger partial charge in [0.15, 0.2) is 0 Å². The van der Waals surface area contributed by atoms with E-state index >= 15 is 0 Å². The van der Waals surface area contributed by atoms with E-state index in [-0.39, 0.29) is 17.4 Å². The number of hydrogen-bond donors (Lipinski definition) is 0. The second kappa shape index (κ2) is 6.11. The smallest absolute Gasteiger partial charge is 0.250 e. The summed E-state index contributed by atoms with van der Waals surface area (Å²) in [5.41, 5.74) is 2.18. The zero-order valence-electron chi connectivity index (χ0n) is 13.5. The van der Waals surface area contributed by atoms with Crippen molar-refractivity contribution in [1.82, 2.24) is 9.47 Å². The molecule has 0 spiro atoms. The Hall–Kier alpha value is -2.62. The summed E-state index contributed by atoms with van der Waals surface area (Å²) < 4.78 is 1.89. The van der Waals surface area contributed by atoms with E-state index in [1.54, 1.807) is 12.1 Å². The minimum atomic E-state index is 0.0558.